The zero-order valence-corrected chi connectivity index (χ0v) is 29.8. The number of carbonyl (C=O) groups excluding carboxylic acids is 1. The Kier molecular flexibility index (Phi) is 66.1. The average Bonchev–Trinajstić information content (AvgIpc) is 3.05. The fraction of sp³-hybridized carbons (Fsp3) is 0.951. The summed E-state index contributed by atoms with van der Waals surface area (Å²) >= 11 is 0. The average molecular weight is 777 g/mol. The number of aliphatic hydroxyl groups excluding tert-OH is 1. The van der Waals surface area contributed by atoms with Crippen LogP contribution in [0.1, 0.15) is 136 Å². The maximum atomic E-state index is 12.5. The highest BCUT2D eigenvalue weighted by atomic mass is 16.5. The maximum Gasteiger partial charge on any atom is 0.308 e. The van der Waals surface area contributed by atoms with Crippen molar-refractivity contribution in [3.8, 4) is 0 Å². The van der Waals surface area contributed by atoms with E-state index >= 15 is 0 Å². The van der Waals surface area contributed by atoms with Crippen LogP contribution in [0.2, 0.25) is 0 Å². The molecular formula is C41H92O12. The van der Waals surface area contributed by atoms with Crippen molar-refractivity contribution in [2.24, 2.45) is 17.8 Å². The molecular weight excluding hydrogens is 684 g/mol. The van der Waals surface area contributed by atoms with Crippen LogP contribution in [0.15, 0.2) is 0 Å². The van der Waals surface area contributed by atoms with Crippen LogP contribution in [0.5, 0.6) is 0 Å². The second-order valence-corrected chi connectivity index (χ2v) is 12.0. The minimum atomic E-state index is -0.856. The Morgan fingerprint density at radius 2 is 0.736 bits per heavy atom. The predicted molar refractivity (Wildman–Crippen MR) is 220 cm³/mol. The fourth-order valence-corrected chi connectivity index (χ4v) is 4.55. The van der Waals surface area contributed by atoms with Gasteiger partial charge in [0.2, 0.25) is 0 Å². The minimum Gasteiger partial charge on any atom is -0.481 e. The lowest BCUT2D eigenvalue weighted by molar-refractivity contribution is -0.151. The van der Waals surface area contributed by atoms with Crippen molar-refractivity contribution < 1.29 is 57.7 Å². The quantitative estimate of drug-likeness (QED) is 0.0456. The molecule has 0 saturated heterocycles. The number of aliphatic carboxylic acids is 1. The zero-order valence-electron chi connectivity index (χ0n) is 29.8. The molecule has 12 nitrogen and oxygen atoms in total. The van der Waals surface area contributed by atoms with Crippen LogP contribution >= 0.6 is 0 Å². The Hall–Kier alpha value is -1.38. The summed E-state index contributed by atoms with van der Waals surface area (Å²) in [5, 5.41) is 18.0. The van der Waals surface area contributed by atoms with E-state index in [2.05, 4.69) is 0 Å². The third-order valence-corrected chi connectivity index (χ3v) is 7.09. The van der Waals surface area contributed by atoms with Crippen LogP contribution in [0.3, 0.4) is 0 Å². The summed E-state index contributed by atoms with van der Waals surface area (Å²) in [6.45, 7) is 15.4. The van der Waals surface area contributed by atoms with Crippen LogP contribution < -0.4 is 0 Å². The van der Waals surface area contributed by atoms with Gasteiger partial charge >= 0.3 is 11.9 Å². The minimum absolute atomic E-state index is 0. The summed E-state index contributed by atoms with van der Waals surface area (Å²) in [5.74, 6) is -1.78. The van der Waals surface area contributed by atoms with Crippen molar-refractivity contribution >= 4 is 11.9 Å². The third kappa shape index (κ3) is 48.6. The van der Waals surface area contributed by atoms with E-state index < -0.39 is 11.9 Å². The number of rotatable bonds is 38. The molecule has 0 saturated carbocycles. The molecule has 53 heavy (non-hydrogen) atoms. The van der Waals surface area contributed by atoms with Gasteiger partial charge in [-0.05, 0) is 70.1 Å². The molecule has 0 aliphatic carbocycles. The topological polar surface area (TPSA) is 148 Å². The molecule has 0 aromatic rings. The summed E-state index contributed by atoms with van der Waals surface area (Å²) in [5.41, 5.74) is 0. The summed E-state index contributed by atoms with van der Waals surface area (Å²) in [7, 11) is 0. The molecule has 0 radical (unpaired) electrons. The molecule has 0 aromatic carbocycles. The number of aliphatic hydroxyl groups is 1. The van der Waals surface area contributed by atoms with Crippen LogP contribution in [0.4, 0.5) is 0 Å². The molecule has 2 N–H and O–H groups in total. The summed E-state index contributed by atoms with van der Waals surface area (Å²) in [6.07, 6.45) is 7.88. The van der Waals surface area contributed by atoms with Crippen LogP contribution in [0.25, 0.3) is 0 Å². The SMILES string of the molecule is C.C.C.C.C.C.CCC(CC(CC(C)C)C(=O)OCCCOCCCOCCCOCCCOCCCOCCCOCCCOCCCO)C(=O)O. The first-order chi connectivity index (χ1) is 22.9. The normalized spacial score (nSPS) is 11.4. The van der Waals surface area contributed by atoms with Crippen molar-refractivity contribution in [2.75, 3.05) is 106 Å². The molecule has 12 heteroatoms. The van der Waals surface area contributed by atoms with E-state index in [9.17, 15) is 14.7 Å². The molecule has 0 rings (SSSR count). The van der Waals surface area contributed by atoms with E-state index in [1.807, 2.05) is 20.8 Å². The Morgan fingerprint density at radius 3 is 0.981 bits per heavy atom. The zero-order chi connectivity index (χ0) is 34.6. The van der Waals surface area contributed by atoms with Gasteiger partial charge in [-0.1, -0.05) is 65.3 Å². The van der Waals surface area contributed by atoms with E-state index in [0.29, 0.717) is 131 Å². The molecule has 0 spiro atoms. The van der Waals surface area contributed by atoms with Crippen molar-refractivity contribution in [1.29, 1.82) is 0 Å². The van der Waals surface area contributed by atoms with Gasteiger partial charge in [-0.25, -0.2) is 0 Å². The molecule has 0 aliphatic rings. The fourth-order valence-electron chi connectivity index (χ4n) is 4.55. The van der Waals surface area contributed by atoms with E-state index in [4.69, 9.17) is 43.0 Å². The lowest BCUT2D eigenvalue weighted by Gasteiger charge is -2.21. The van der Waals surface area contributed by atoms with Crippen molar-refractivity contribution in [1.82, 2.24) is 0 Å². The number of carboxylic acid groups (broad SMARTS) is 1. The van der Waals surface area contributed by atoms with E-state index in [1.54, 1.807) is 0 Å². The number of hydrogen-bond donors (Lipinski definition) is 2. The van der Waals surface area contributed by atoms with Gasteiger partial charge in [-0.2, -0.15) is 0 Å². The van der Waals surface area contributed by atoms with Gasteiger partial charge in [0.1, 0.15) is 0 Å². The number of carbonyl (C=O) groups is 2. The van der Waals surface area contributed by atoms with Gasteiger partial charge in [0.25, 0.3) is 0 Å². The van der Waals surface area contributed by atoms with Crippen molar-refractivity contribution in [2.45, 2.75) is 136 Å². The highest BCUT2D eigenvalue weighted by molar-refractivity contribution is 5.75. The molecule has 2 atom stereocenters. The van der Waals surface area contributed by atoms with Gasteiger partial charge < -0.3 is 48.1 Å². The lowest BCUT2D eigenvalue weighted by Crippen LogP contribution is -2.26. The van der Waals surface area contributed by atoms with E-state index in [1.165, 1.54) is 0 Å². The smallest absolute Gasteiger partial charge is 0.308 e. The Morgan fingerprint density at radius 1 is 0.453 bits per heavy atom. The molecule has 0 heterocycles. The predicted octanol–water partition coefficient (Wildman–Crippen LogP) is 8.74. The van der Waals surface area contributed by atoms with Crippen LogP contribution in [-0.4, -0.2) is 128 Å². The Labute approximate surface area is 328 Å². The summed E-state index contributed by atoms with van der Waals surface area (Å²) < 4.78 is 44.4. The molecule has 0 amide bonds. The van der Waals surface area contributed by atoms with Gasteiger partial charge in [-0.15, -0.1) is 0 Å². The van der Waals surface area contributed by atoms with Gasteiger partial charge in [0.05, 0.1) is 18.4 Å². The molecule has 0 aromatic heterocycles. The van der Waals surface area contributed by atoms with Crippen LogP contribution in [-0.2, 0) is 47.5 Å². The lowest BCUT2D eigenvalue weighted by atomic mass is 9.87. The Balaban J connectivity index is -0.000000705. The van der Waals surface area contributed by atoms with Crippen LogP contribution in [0, 0.1) is 17.8 Å². The number of carboxylic acids is 1. The highest BCUT2D eigenvalue weighted by Gasteiger charge is 2.27. The highest BCUT2D eigenvalue weighted by Crippen LogP contribution is 2.24. The second kappa shape index (κ2) is 52.7. The first kappa shape index (κ1) is 66.4. The molecule has 0 fully saturated rings. The maximum absolute atomic E-state index is 12.5. The van der Waals surface area contributed by atoms with Crippen molar-refractivity contribution in [3.63, 3.8) is 0 Å². The first-order valence-electron chi connectivity index (χ1n) is 18.0. The first-order valence-corrected chi connectivity index (χ1v) is 18.0. The number of hydrogen-bond acceptors (Lipinski definition) is 11. The van der Waals surface area contributed by atoms with Crippen molar-refractivity contribution in [3.05, 3.63) is 0 Å². The molecule has 0 aliphatic heterocycles. The molecule has 0 bridgehead atoms. The third-order valence-electron chi connectivity index (χ3n) is 7.09. The standard InChI is InChI=1S/C35H68O12.6CH4/c1-4-32(34(37)38)30-33(29-31(2)3)35(39)47-28-12-27-46-26-11-25-45-24-10-23-44-22-9-21-43-20-8-19-42-18-7-17-41-16-6-15-40-14-5-13-36;;;;;;/h31-33,36H,4-30H2,1-3H3,(H,37,38);6*1H4. The van der Waals surface area contributed by atoms with Gasteiger partial charge in [-0.3, -0.25) is 9.59 Å². The van der Waals surface area contributed by atoms with Gasteiger partial charge in [0.15, 0.2) is 0 Å². The summed E-state index contributed by atoms with van der Waals surface area (Å²) in [4.78, 5) is 23.9. The summed E-state index contributed by atoms with van der Waals surface area (Å²) in [6, 6.07) is 0. The number of esters is 1. The number of ether oxygens (including phenoxy) is 8. The van der Waals surface area contributed by atoms with Gasteiger partial charge in [0, 0.05) is 106 Å². The second-order valence-electron chi connectivity index (χ2n) is 12.0. The molecule has 328 valence electrons. The molecule has 2 unspecified atom stereocenters. The van der Waals surface area contributed by atoms with E-state index in [-0.39, 0.29) is 69.7 Å². The van der Waals surface area contributed by atoms with E-state index in [0.717, 1.165) is 38.5 Å². The largest absolute Gasteiger partial charge is 0.481 e. The Bertz CT molecular complexity index is 681. The monoisotopic (exact) mass is 777 g/mol.